The first-order valence-corrected chi connectivity index (χ1v) is 7.90. The summed E-state index contributed by atoms with van der Waals surface area (Å²) in [5.41, 5.74) is 2.06. The summed E-state index contributed by atoms with van der Waals surface area (Å²) in [6.45, 7) is 5.88. The summed E-state index contributed by atoms with van der Waals surface area (Å²) >= 11 is 0. The molecule has 1 atom stereocenters. The van der Waals surface area contributed by atoms with E-state index in [-0.39, 0.29) is 17.1 Å². The maximum Gasteiger partial charge on any atom is 0.134 e. The van der Waals surface area contributed by atoms with Gasteiger partial charge in [-0.15, -0.1) is 0 Å². The van der Waals surface area contributed by atoms with Gasteiger partial charge in [-0.05, 0) is 31.1 Å². The number of ether oxygens (including phenoxy) is 1. The molecule has 23 heavy (non-hydrogen) atoms. The lowest BCUT2D eigenvalue weighted by Gasteiger charge is -2.41. The molecule has 1 aliphatic carbocycles. The molecule has 1 saturated heterocycles. The number of methoxy groups -OCH3 is 1. The summed E-state index contributed by atoms with van der Waals surface area (Å²) in [4.78, 5) is 2.21. The maximum atomic E-state index is 9.68. The highest BCUT2D eigenvalue weighted by Crippen LogP contribution is 2.44. The van der Waals surface area contributed by atoms with Crippen molar-refractivity contribution in [3.05, 3.63) is 22.4 Å². The summed E-state index contributed by atoms with van der Waals surface area (Å²) in [6, 6.07) is 6.17. The van der Waals surface area contributed by atoms with E-state index in [1.807, 2.05) is 12.1 Å². The molecule has 0 aromatic carbocycles. The molecule has 1 unspecified atom stereocenters. The van der Waals surface area contributed by atoms with Crippen molar-refractivity contribution in [1.29, 1.82) is 15.8 Å². The monoisotopic (exact) mass is 310 g/mol. The first kappa shape index (κ1) is 17.1. The number of allylic oxidation sites excluding steroid dienone is 4. The third kappa shape index (κ3) is 3.55. The van der Waals surface area contributed by atoms with Gasteiger partial charge in [0.2, 0.25) is 0 Å². The Labute approximate surface area is 138 Å². The molecule has 120 valence electrons. The van der Waals surface area contributed by atoms with Gasteiger partial charge in [-0.3, -0.25) is 0 Å². The van der Waals surface area contributed by atoms with Crippen LogP contribution in [0, 0.1) is 39.4 Å². The zero-order valence-corrected chi connectivity index (χ0v) is 14.0. The smallest absolute Gasteiger partial charge is 0.134 e. The SMILES string of the molecule is COC1CCCN(C2=C(C#N)C(=C(C#N)C#N)CC(C)(C)C2)C1. The van der Waals surface area contributed by atoms with Crippen molar-refractivity contribution in [2.75, 3.05) is 20.2 Å². The summed E-state index contributed by atoms with van der Waals surface area (Å²) in [5, 5.41) is 28.2. The largest absolute Gasteiger partial charge is 0.380 e. The molecule has 0 bridgehead atoms. The molecule has 0 spiro atoms. The van der Waals surface area contributed by atoms with E-state index < -0.39 is 0 Å². The van der Waals surface area contributed by atoms with E-state index in [4.69, 9.17) is 4.74 Å². The van der Waals surface area contributed by atoms with Crippen molar-refractivity contribution in [3.8, 4) is 18.2 Å². The fraction of sp³-hybridized carbons (Fsp3) is 0.611. The van der Waals surface area contributed by atoms with Gasteiger partial charge in [0, 0.05) is 31.5 Å². The van der Waals surface area contributed by atoms with Crippen LogP contribution >= 0.6 is 0 Å². The van der Waals surface area contributed by atoms with Gasteiger partial charge in [0.15, 0.2) is 0 Å². The predicted molar refractivity (Wildman–Crippen MR) is 85.5 cm³/mol. The maximum absolute atomic E-state index is 9.68. The third-order valence-corrected chi connectivity index (χ3v) is 4.62. The highest BCUT2D eigenvalue weighted by Gasteiger charge is 2.36. The van der Waals surface area contributed by atoms with Gasteiger partial charge >= 0.3 is 0 Å². The molecule has 1 aliphatic heterocycles. The average molecular weight is 310 g/mol. The van der Waals surface area contributed by atoms with Crippen LogP contribution in [0.2, 0.25) is 0 Å². The molecule has 1 fully saturated rings. The summed E-state index contributed by atoms with van der Waals surface area (Å²) < 4.78 is 5.49. The number of nitriles is 3. The van der Waals surface area contributed by atoms with Crippen molar-refractivity contribution < 1.29 is 4.74 Å². The number of hydrogen-bond acceptors (Lipinski definition) is 5. The van der Waals surface area contributed by atoms with E-state index >= 15 is 0 Å². The second-order valence-electron chi connectivity index (χ2n) is 6.97. The molecule has 0 radical (unpaired) electrons. The molecule has 0 N–H and O–H groups in total. The lowest BCUT2D eigenvalue weighted by molar-refractivity contribution is 0.0393. The van der Waals surface area contributed by atoms with Gasteiger partial charge in [-0.25, -0.2) is 0 Å². The Morgan fingerprint density at radius 3 is 2.48 bits per heavy atom. The van der Waals surface area contributed by atoms with E-state index in [1.54, 1.807) is 7.11 Å². The van der Waals surface area contributed by atoms with E-state index in [2.05, 4.69) is 24.8 Å². The molecule has 0 amide bonds. The fourth-order valence-electron chi connectivity index (χ4n) is 3.50. The molecule has 0 saturated carbocycles. The number of likely N-dealkylation sites (tertiary alicyclic amines) is 1. The second-order valence-corrected chi connectivity index (χ2v) is 6.97. The molecule has 5 nitrogen and oxygen atoms in total. The Morgan fingerprint density at radius 1 is 1.22 bits per heavy atom. The van der Waals surface area contributed by atoms with Crippen LogP contribution in [0.15, 0.2) is 22.4 Å². The quantitative estimate of drug-likeness (QED) is 0.732. The van der Waals surface area contributed by atoms with Crippen LogP contribution in [-0.2, 0) is 4.74 Å². The molecular formula is C18H22N4O. The van der Waals surface area contributed by atoms with Crippen LogP contribution in [0.5, 0.6) is 0 Å². The molecule has 0 aromatic rings. The van der Waals surface area contributed by atoms with E-state index in [0.717, 1.165) is 38.0 Å². The van der Waals surface area contributed by atoms with Gasteiger partial charge in [-0.1, -0.05) is 13.8 Å². The highest BCUT2D eigenvalue weighted by atomic mass is 16.5. The lowest BCUT2D eigenvalue weighted by Crippen LogP contribution is -2.41. The fourth-order valence-corrected chi connectivity index (χ4v) is 3.50. The van der Waals surface area contributed by atoms with Crippen molar-refractivity contribution in [2.24, 2.45) is 5.41 Å². The number of nitrogens with zero attached hydrogens (tertiary/aromatic N) is 4. The van der Waals surface area contributed by atoms with Crippen molar-refractivity contribution in [2.45, 2.75) is 45.6 Å². The number of rotatable bonds is 2. The molecule has 2 aliphatic rings. The van der Waals surface area contributed by atoms with E-state index in [1.165, 1.54) is 0 Å². The Kier molecular flexibility index (Phi) is 5.09. The summed E-state index contributed by atoms with van der Waals surface area (Å²) in [6.07, 6.45) is 3.57. The van der Waals surface area contributed by atoms with Gasteiger partial charge < -0.3 is 9.64 Å². The second kappa shape index (κ2) is 6.86. The van der Waals surface area contributed by atoms with Crippen LogP contribution in [0.25, 0.3) is 0 Å². The summed E-state index contributed by atoms with van der Waals surface area (Å²) in [7, 11) is 1.72. The third-order valence-electron chi connectivity index (χ3n) is 4.62. The average Bonchev–Trinajstić information content (AvgIpc) is 2.55. The van der Waals surface area contributed by atoms with Crippen LogP contribution in [-0.4, -0.2) is 31.2 Å². The predicted octanol–water partition coefficient (Wildman–Crippen LogP) is 3.04. The zero-order chi connectivity index (χ0) is 17.0. The normalized spacial score (nSPS) is 23.7. The van der Waals surface area contributed by atoms with Crippen molar-refractivity contribution >= 4 is 0 Å². The van der Waals surface area contributed by atoms with Crippen LogP contribution < -0.4 is 0 Å². The Hall–Kier alpha value is -2.29. The standard InChI is InChI=1S/C18H22N4O/c1-18(2)7-15(13(9-19)10-20)16(11-21)17(8-18)22-6-4-5-14(12-22)23-3/h14H,4-8,12H2,1-3H3. The van der Waals surface area contributed by atoms with Crippen LogP contribution in [0.4, 0.5) is 0 Å². The molecule has 2 rings (SSSR count). The Balaban J connectivity index is 2.53. The van der Waals surface area contributed by atoms with Gasteiger partial charge in [0.05, 0.1) is 11.7 Å². The van der Waals surface area contributed by atoms with E-state index in [0.29, 0.717) is 17.6 Å². The minimum atomic E-state index is -0.0794. The minimum Gasteiger partial charge on any atom is -0.380 e. The first-order valence-electron chi connectivity index (χ1n) is 7.90. The lowest BCUT2D eigenvalue weighted by atomic mass is 9.72. The molecule has 5 heteroatoms. The summed E-state index contributed by atoms with van der Waals surface area (Å²) in [5.74, 6) is 0. The van der Waals surface area contributed by atoms with Gasteiger partial charge in [-0.2, -0.15) is 15.8 Å². The van der Waals surface area contributed by atoms with Crippen LogP contribution in [0.3, 0.4) is 0 Å². The van der Waals surface area contributed by atoms with Crippen molar-refractivity contribution in [1.82, 2.24) is 4.90 Å². The first-order chi connectivity index (χ1) is 11.0. The van der Waals surface area contributed by atoms with Gasteiger partial charge in [0.25, 0.3) is 0 Å². The minimum absolute atomic E-state index is 0.0622. The van der Waals surface area contributed by atoms with E-state index in [9.17, 15) is 15.8 Å². The van der Waals surface area contributed by atoms with Gasteiger partial charge in [0.1, 0.15) is 23.8 Å². The molecule has 0 aromatic heterocycles. The topological polar surface area (TPSA) is 83.8 Å². The zero-order valence-electron chi connectivity index (χ0n) is 14.0. The van der Waals surface area contributed by atoms with Crippen LogP contribution in [0.1, 0.15) is 39.5 Å². The van der Waals surface area contributed by atoms with Crippen molar-refractivity contribution in [3.63, 3.8) is 0 Å². The Morgan fingerprint density at radius 2 is 1.91 bits per heavy atom. The Bertz CT molecular complexity index is 651. The number of piperidine rings is 1. The molecular weight excluding hydrogens is 288 g/mol. The molecule has 1 heterocycles. The number of hydrogen-bond donors (Lipinski definition) is 0. The highest BCUT2D eigenvalue weighted by molar-refractivity contribution is 5.57.